The van der Waals surface area contributed by atoms with Crippen molar-refractivity contribution in [3.8, 4) is 10.4 Å². The molecule has 2 amide bonds. The van der Waals surface area contributed by atoms with Crippen LogP contribution in [0.2, 0.25) is 0 Å². The zero-order valence-electron chi connectivity index (χ0n) is 20.8. The first-order chi connectivity index (χ1) is 18.0. The molecule has 0 aromatic carbocycles. The number of dihydropyridines is 1. The summed E-state index contributed by atoms with van der Waals surface area (Å²) in [6.07, 6.45) is 12.9. The average Bonchev–Trinajstić information content (AvgIpc) is 3.63. The van der Waals surface area contributed by atoms with Gasteiger partial charge in [0.25, 0.3) is 11.8 Å². The molecule has 3 aliphatic rings. The highest BCUT2D eigenvalue weighted by molar-refractivity contribution is 7.21. The summed E-state index contributed by atoms with van der Waals surface area (Å²) in [5.74, 6) is -0.432. The van der Waals surface area contributed by atoms with E-state index < -0.39 is 0 Å². The van der Waals surface area contributed by atoms with Crippen LogP contribution in [0.5, 0.6) is 0 Å². The molecule has 0 saturated carbocycles. The van der Waals surface area contributed by atoms with Gasteiger partial charge in [0.2, 0.25) is 0 Å². The number of amides is 2. The van der Waals surface area contributed by atoms with Crippen LogP contribution >= 0.6 is 11.3 Å². The fraction of sp³-hybridized carbons (Fsp3) is 0.440. The number of rotatable bonds is 7. The number of aromatic nitrogens is 4. The van der Waals surface area contributed by atoms with Crippen molar-refractivity contribution >= 4 is 28.0 Å². The molecule has 3 aromatic heterocycles. The molecule has 11 nitrogen and oxygen atoms in total. The highest BCUT2D eigenvalue weighted by Gasteiger charge is 2.36. The maximum absolute atomic E-state index is 13.2. The van der Waals surface area contributed by atoms with Gasteiger partial charge in [-0.3, -0.25) is 19.2 Å². The summed E-state index contributed by atoms with van der Waals surface area (Å²) in [7, 11) is 1.87. The maximum Gasteiger partial charge on any atom is 0.260 e. The molecular weight excluding hydrogens is 492 g/mol. The van der Waals surface area contributed by atoms with Crippen LogP contribution in [-0.2, 0) is 16.6 Å². The highest BCUT2D eigenvalue weighted by atomic mass is 32.1. The number of morpholine rings is 1. The molecule has 2 fully saturated rings. The summed E-state index contributed by atoms with van der Waals surface area (Å²) >= 11 is 1.48. The molecule has 3 aliphatic heterocycles. The van der Waals surface area contributed by atoms with Gasteiger partial charge in [0.15, 0.2) is 0 Å². The zero-order valence-corrected chi connectivity index (χ0v) is 21.6. The second-order valence-electron chi connectivity index (χ2n) is 9.76. The van der Waals surface area contributed by atoms with Crippen molar-refractivity contribution in [1.29, 1.82) is 0 Å². The van der Waals surface area contributed by atoms with Gasteiger partial charge in [0.1, 0.15) is 4.83 Å². The number of hydrogen-bond acceptors (Lipinski definition) is 8. The molecule has 2 saturated heterocycles. The number of aryl methyl sites for hydroxylation is 1. The predicted molar refractivity (Wildman–Crippen MR) is 139 cm³/mol. The van der Waals surface area contributed by atoms with Crippen molar-refractivity contribution in [2.24, 2.45) is 7.05 Å². The minimum atomic E-state index is -0.265. The van der Waals surface area contributed by atoms with Crippen LogP contribution in [0.1, 0.15) is 30.1 Å². The number of thiazole rings is 1. The SMILES string of the molecule is CC1NC=C(C(=O)NCCN2C3CCC2COC3)C=C1NC(=O)c1cnn2cc(-c3cnn(C)c3)sc12. The number of nitrogens with one attached hydrogen (secondary N) is 3. The van der Waals surface area contributed by atoms with E-state index in [-0.39, 0.29) is 17.9 Å². The number of ether oxygens (including phenoxy) is 1. The second kappa shape index (κ2) is 9.77. The van der Waals surface area contributed by atoms with Crippen molar-refractivity contribution in [1.82, 2.24) is 40.2 Å². The molecule has 37 heavy (non-hydrogen) atoms. The van der Waals surface area contributed by atoms with Crippen molar-refractivity contribution in [3.05, 3.63) is 53.9 Å². The van der Waals surface area contributed by atoms with Crippen molar-refractivity contribution in [2.75, 3.05) is 26.3 Å². The van der Waals surface area contributed by atoms with Gasteiger partial charge >= 0.3 is 0 Å². The van der Waals surface area contributed by atoms with E-state index in [1.54, 1.807) is 33.9 Å². The first-order valence-corrected chi connectivity index (χ1v) is 13.3. The van der Waals surface area contributed by atoms with E-state index in [0.29, 0.717) is 35.5 Å². The van der Waals surface area contributed by atoms with E-state index >= 15 is 0 Å². The minimum absolute atomic E-state index is 0.148. The van der Waals surface area contributed by atoms with Gasteiger partial charge in [0.05, 0.1) is 47.7 Å². The predicted octanol–water partition coefficient (Wildman–Crippen LogP) is 1.27. The molecule has 12 heteroatoms. The topological polar surface area (TPSA) is 118 Å². The Morgan fingerprint density at radius 2 is 1.97 bits per heavy atom. The summed E-state index contributed by atoms with van der Waals surface area (Å²) in [4.78, 5) is 30.2. The third-order valence-electron chi connectivity index (χ3n) is 7.26. The molecule has 2 bridgehead atoms. The van der Waals surface area contributed by atoms with Gasteiger partial charge in [-0.25, -0.2) is 4.52 Å². The molecule has 3 unspecified atom stereocenters. The van der Waals surface area contributed by atoms with E-state index in [4.69, 9.17) is 4.74 Å². The Labute approximate surface area is 218 Å². The van der Waals surface area contributed by atoms with Gasteiger partial charge in [-0.05, 0) is 25.8 Å². The van der Waals surface area contributed by atoms with Crippen LogP contribution in [0.25, 0.3) is 15.3 Å². The lowest BCUT2D eigenvalue weighted by atomic mass is 10.1. The van der Waals surface area contributed by atoms with Crippen molar-refractivity contribution < 1.29 is 14.3 Å². The number of nitrogens with zero attached hydrogens (tertiary/aromatic N) is 5. The van der Waals surface area contributed by atoms with E-state index in [2.05, 4.69) is 31.0 Å². The lowest BCUT2D eigenvalue weighted by Crippen LogP contribution is -2.48. The average molecular weight is 523 g/mol. The van der Waals surface area contributed by atoms with Crippen molar-refractivity contribution in [3.63, 3.8) is 0 Å². The van der Waals surface area contributed by atoms with Crippen LogP contribution in [-0.4, -0.2) is 80.5 Å². The smallest absolute Gasteiger partial charge is 0.260 e. The van der Waals surface area contributed by atoms with Crippen LogP contribution in [0.3, 0.4) is 0 Å². The third kappa shape index (κ3) is 4.67. The van der Waals surface area contributed by atoms with E-state index in [1.807, 2.05) is 26.4 Å². The lowest BCUT2D eigenvalue weighted by Gasteiger charge is -2.34. The summed E-state index contributed by atoms with van der Waals surface area (Å²) in [6, 6.07) is 0.783. The van der Waals surface area contributed by atoms with Gasteiger partial charge < -0.3 is 20.7 Å². The van der Waals surface area contributed by atoms with Crippen molar-refractivity contribution in [2.45, 2.75) is 37.9 Å². The molecule has 6 rings (SSSR count). The third-order valence-corrected chi connectivity index (χ3v) is 8.42. The Morgan fingerprint density at radius 1 is 1.16 bits per heavy atom. The van der Waals surface area contributed by atoms with E-state index in [1.165, 1.54) is 11.3 Å². The maximum atomic E-state index is 13.2. The van der Waals surface area contributed by atoms with Crippen LogP contribution < -0.4 is 16.0 Å². The molecule has 0 aliphatic carbocycles. The number of fused-ring (bicyclic) bond motifs is 3. The molecule has 6 heterocycles. The number of carbonyl (C=O) groups excluding carboxylic acids is 2. The zero-order chi connectivity index (χ0) is 25.5. The summed E-state index contributed by atoms with van der Waals surface area (Å²) in [5.41, 5.74) is 2.56. The number of hydrogen-bond donors (Lipinski definition) is 3. The van der Waals surface area contributed by atoms with E-state index in [9.17, 15) is 9.59 Å². The Bertz CT molecular complexity index is 1390. The summed E-state index contributed by atoms with van der Waals surface area (Å²) in [6.45, 7) is 4.88. The molecule has 194 valence electrons. The Kier molecular flexibility index (Phi) is 6.31. The molecule has 3 aromatic rings. The van der Waals surface area contributed by atoms with E-state index in [0.717, 1.165) is 47.9 Å². The molecule has 3 atom stereocenters. The monoisotopic (exact) mass is 522 g/mol. The highest BCUT2D eigenvalue weighted by Crippen LogP contribution is 2.30. The molecule has 0 radical (unpaired) electrons. The first kappa shape index (κ1) is 23.9. The van der Waals surface area contributed by atoms with Gasteiger partial charge in [-0.1, -0.05) is 0 Å². The Morgan fingerprint density at radius 3 is 2.73 bits per heavy atom. The van der Waals surface area contributed by atoms with Gasteiger partial charge in [0, 0.05) is 62.1 Å². The minimum Gasteiger partial charge on any atom is -0.382 e. The Hall–Kier alpha value is -3.48. The van der Waals surface area contributed by atoms with Crippen LogP contribution in [0, 0.1) is 0 Å². The first-order valence-electron chi connectivity index (χ1n) is 12.5. The molecular formula is C25H30N8O3S. The number of carbonyl (C=O) groups is 2. The Balaban J connectivity index is 1.10. The van der Waals surface area contributed by atoms with Crippen LogP contribution in [0.4, 0.5) is 0 Å². The second-order valence-corrected chi connectivity index (χ2v) is 10.8. The standard InChI is InChI=1S/C25H30N8O3S/c1-15-21(7-16(8-27-15)23(34)26-5-6-32-18-3-4-19(32)14-36-13-18)30-24(35)20-10-29-33-12-22(37-25(20)33)17-9-28-31(2)11-17/h7-12,15,18-19,27H,3-6,13-14H2,1-2H3,(H,26,34)(H,30,35). The largest absolute Gasteiger partial charge is 0.382 e. The fourth-order valence-electron chi connectivity index (χ4n) is 5.22. The van der Waals surface area contributed by atoms with Gasteiger partial charge in [-0.15, -0.1) is 11.3 Å². The summed E-state index contributed by atoms with van der Waals surface area (Å²) in [5, 5.41) is 17.8. The lowest BCUT2D eigenvalue weighted by molar-refractivity contribution is -0.117. The normalized spacial score (nSPS) is 23.5. The molecule has 0 spiro atoms. The summed E-state index contributed by atoms with van der Waals surface area (Å²) < 4.78 is 9.08. The molecule has 3 N–H and O–H groups in total. The van der Waals surface area contributed by atoms with Crippen LogP contribution in [0.15, 0.2) is 48.3 Å². The van der Waals surface area contributed by atoms with Gasteiger partial charge in [-0.2, -0.15) is 10.2 Å². The fourth-order valence-corrected chi connectivity index (χ4v) is 6.25. The quantitative estimate of drug-likeness (QED) is 0.428.